The summed E-state index contributed by atoms with van der Waals surface area (Å²) in [6.07, 6.45) is 6.04. The number of carbonyl (C=O) groups is 2. The van der Waals surface area contributed by atoms with E-state index in [1.807, 2.05) is 37.3 Å². The number of ether oxygens (including phenoxy) is 2. The Bertz CT molecular complexity index is 1050. The van der Waals surface area contributed by atoms with Gasteiger partial charge in [-0.05, 0) is 50.4 Å². The number of benzene rings is 2. The summed E-state index contributed by atoms with van der Waals surface area (Å²) in [5.74, 6) is 1.03. The molecular weight excluding hydrogens is 430 g/mol. The molecule has 2 aromatic rings. The van der Waals surface area contributed by atoms with E-state index in [0.29, 0.717) is 11.5 Å². The second-order valence-corrected chi connectivity index (χ2v) is 9.06. The van der Waals surface area contributed by atoms with E-state index < -0.39 is 5.54 Å². The number of hydrogen-bond acceptors (Lipinski definition) is 5. The predicted molar refractivity (Wildman–Crippen MR) is 132 cm³/mol. The van der Waals surface area contributed by atoms with Gasteiger partial charge in [-0.25, -0.2) is 4.79 Å². The van der Waals surface area contributed by atoms with Crippen LogP contribution in [0.5, 0.6) is 11.5 Å². The number of imide groups is 1. The third-order valence-corrected chi connectivity index (χ3v) is 6.99. The molecule has 0 aliphatic carbocycles. The Morgan fingerprint density at radius 3 is 2.44 bits per heavy atom. The van der Waals surface area contributed by atoms with Gasteiger partial charge in [-0.1, -0.05) is 54.6 Å². The zero-order valence-electron chi connectivity index (χ0n) is 20.1. The van der Waals surface area contributed by atoms with Crippen molar-refractivity contribution in [2.75, 3.05) is 33.9 Å². The number of rotatable bonds is 8. The number of methoxy groups -OCH3 is 2. The predicted octanol–water partition coefficient (Wildman–Crippen LogP) is 3.94. The highest BCUT2D eigenvalue weighted by atomic mass is 16.5. The highest BCUT2D eigenvalue weighted by Crippen LogP contribution is 2.36. The molecule has 2 heterocycles. The average Bonchev–Trinajstić information content (AvgIpc) is 3.08. The number of para-hydroxylation sites is 1. The molecule has 2 aliphatic rings. The topological polar surface area (TPSA) is 71.1 Å². The van der Waals surface area contributed by atoms with Crippen molar-refractivity contribution >= 4 is 18.0 Å². The number of urea groups is 1. The lowest BCUT2D eigenvalue weighted by atomic mass is 9.79. The van der Waals surface area contributed by atoms with Crippen LogP contribution < -0.4 is 14.8 Å². The van der Waals surface area contributed by atoms with Crippen LogP contribution in [0, 0.1) is 5.92 Å². The van der Waals surface area contributed by atoms with Crippen LogP contribution in [0.3, 0.4) is 0 Å². The molecule has 0 radical (unpaired) electrons. The summed E-state index contributed by atoms with van der Waals surface area (Å²) in [4.78, 5) is 30.0. The maximum atomic E-state index is 13.5. The Morgan fingerprint density at radius 1 is 1.03 bits per heavy atom. The SMILES string of the molecule is COc1cccc(CN2C(=O)N[C@](C)(C3CCN(C/C=C/c4ccccc4)CC3)C2=O)c1OC. The first kappa shape index (κ1) is 23.8. The number of carbonyl (C=O) groups excluding carboxylic acids is 2. The Labute approximate surface area is 201 Å². The second kappa shape index (κ2) is 10.3. The highest BCUT2D eigenvalue weighted by molar-refractivity contribution is 6.07. The van der Waals surface area contributed by atoms with Gasteiger partial charge in [0.25, 0.3) is 5.91 Å². The van der Waals surface area contributed by atoms with E-state index in [2.05, 4.69) is 34.5 Å². The molecule has 2 aromatic carbocycles. The van der Waals surface area contributed by atoms with Gasteiger partial charge in [-0.15, -0.1) is 0 Å². The first-order valence-electron chi connectivity index (χ1n) is 11.7. The summed E-state index contributed by atoms with van der Waals surface area (Å²) >= 11 is 0. The van der Waals surface area contributed by atoms with E-state index in [1.165, 1.54) is 10.5 Å². The van der Waals surface area contributed by atoms with Gasteiger partial charge in [0.15, 0.2) is 11.5 Å². The summed E-state index contributed by atoms with van der Waals surface area (Å²) in [6.45, 7) is 4.67. The molecule has 7 heteroatoms. The minimum atomic E-state index is -0.894. The molecule has 180 valence electrons. The molecule has 2 aliphatic heterocycles. The summed E-state index contributed by atoms with van der Waals surface area (Å²) in [6, 6.07) is 15.4. The van der Waals surface area contributed by atoms with Crippen LogP contribution in [0.2, 0.25) is 0 Å². The van der Waals surface area contributed by atoms with E-state index in [1.54, 1.807) is 20.3 Å². The van der Waals surface area contributed by atoms with E-state index in [4.69, 9.17) is 9.47 Å². The van der Waals surface area contributed by atoms with Crippen LogP contribution in [-0.4, -0.2) is 61.1 Å². The summed E-state index contributed by atoms with van der Waals surface area (Å²) in [5, 5.41) is 3.00. The van der Waals surface area contributed by atoms with Crippen LogP contribution in [0.25, 0.3) is 6.08 Å². The van der Waals surface area contributed by atoms with Crippen molar-refractivity contribution in [1.82, 2.24) is 15.1 Å². The van der Waals surface area contributed by atoms with Crippen molar-refractivity contribution in [3.8, 4) is 11.5 Å². The number of amides is 3. The molecule has 0 bridgehead atoms. The molecule has 0 aromatic heterocycles. The molecule has 0 spiro atoms. The molecule has 0 unspecified atom stereocenters. The van der Waals surface area contributed by atoms with Crippen LogP contribution in [-0.2, 0) is 11.3 Å². The van der Waals surface area contributed by atoms with Crippen molar-refractivity contribution in [1.29, 1.82) is 0 Å². The summed E-state index contributed by atoms with van der Waals surface area (Å²) in [5.41, 5.74) is 1.03. The first-order valence-corrected chi connectivity index (χ1v) is 11.7. The number of piperidine rings is 1. The standard InChI is InChI=1S/C27H33N3O4/c1-27(22-14-17-29(18-15-22)16-8-11-20-9-5-4-6-10-20)25(31)30(26(32)28-27)19-21-12-7-13-23(33-2)24(21)34-3/h4-13,22H,14-19H2,1-3H3,(H,28,32)/b11-8+/t27-/m1/s1. The zero-order valence-corrected chi connectivity index (χ0v) is 20.1. The lowest BCUT2D eigenvalue weighted by molar-refractivity contribution is -0.133. The first-order chi connectivity index (χ1) is 16.5. The molecule has 1 atom stereocenters. The number of hydrogen-bond donors (Lipinski definition) is 1. The Kier molecular flexibility index (Phi) is 7.22. The van der Waals surface area contributed by atoms with Gasteiger partial charge >= 0.3 is 6.03 Å². The minimum Gasteiger partial charge on any atom is -0.493 e. The number of nitrogens with zero attached hydrogens (tertiary/aromatic N) is 2. The van der Waals surface area contributed by atoms with E-state index in [0.717, 1.165) is 38.0 Å². The third kappa shape index (κ3) is 4.80. The smallest absolute Gasteiger partial charge is 0.325 e. The van der Waals surface area contributed by atoms with E-state index in [-0.39, 0.29) is 24.4 Å². The van der Waals surface area contributed by atoms with E-state index >= 15 is 0 Å². The molecule has 3 amide bonds. The summed E-state index contributed by atoms with van der Waals surface area (Å²) < 4.78 is 10.8. The summed E-state index contributed by atoms with van der Waals surface area (Å²) in [7, 11) is 3.12. The lowest BCUT2D eigenvalue weighted by Gasteiger charge is -2.38. The molecule has 1 N–H and O–H groups in total. The van der Waals surface area contributed by atoms with Crippen LogP contribution >= 0.6 is 0 Å². The van der Waals surface area contributed by atoms with Crippen LogP contribution in [0.4, 0.5) is 4.79 Å². The fraction of sp³-hybridized carbons (Fsp3) is 0.407. The number of likely N-dealkylation sites (tertiary alicyclic amines) is 1. The second-order valence-electron chi connectivity index (χ2n) is 9.06. The fourth-order valence-corrected chi connectivity index (χ4v) is 4.98. The molecule has 7 nitrogen and oxygen atoms in total. The van der Waals surface area contributed by atoms with Gasteiger partial charge in [0.2, 0.25) is 0 Å². The van der Waals surface area contributed by atoms with E-state index in [9.17, 15) is 9.59 Å². The minimum absolute atomic E-state index is 0.0931. The zero-order chi connectivity index (χ0) is 24.1. The molecule has 4 rings (SSSR count). The monoisotopic (exact) mass is 463 g/mol. The Hall–Kier alpha value is -3.32. The average molecular weight is 464 g/mol. The molecule has 2 saturated heterocycles. The normalized spacial score (nSPS) is 21.8. The molecule has 0 saturated carbocycles. The van der Waals surface area contributed by atoms with Gasteiger partial charge in [0.1, 0.15) is 5.54 Å². The van der Waals surface area contributed by atoms with Gasteiger partial charge in [-0.2, -0.15) is 0 Å². The fourth-order valence-electron chi connectivity index (χ4n) is 4.98. The van der Waals surface area contributed by atoms with Crippen LogP contribution in [0.1, 0.15) is 30.9 Å². The number of nitrogens with one attached hydrogen (secondary N) is 1. The largest absolute Gasteiger partial charge is 0.493 e. The van der Waals surface area contributed by atoms with Gasteiger partial charge in [0.05, 0.1) is 20.8 Å². The van der Waals surface area contributed by atoms with Crippen molar-refractivity contribution < 1.29 is 19.1 Å². The quantitative estimate of drug-likeness (QED) is 0.601. The Balaban J connectivity index is 1.38. The molecule has 2 fully saturated rings. The maximum absolute atomic E-state index is 13.5. The van der Waals surface area contributed by atoms with Gasteiger partial charge < -0.3 is 14.8 Å². The van der Waals surface area contributed by atoms with Gasteiger partial charge in [0, 0.05) is 12.1 Å². The molecular formula is C27H33N3O4. The van der Waals surface area contributed by atoms with Crippen molar-refractivity contribution in [2.24, 2.45) is 5.92 Å². The van der Waals surface area contributed by atoms with Crippen molar-refractivity contribution in [2.45, 2.75) is 31.8 Å². The third-order valence-electron chi connectivity index (χ3n) is 6.99. The van der Waals surface area contributed by atoms with Gasteiger partial charge in [-0.3, -0.25) is 14.6 Å². The Morgan fingerprint density at radius 2 is 1.76 bits per heavy atom. The van der Waals surface area contributed by atoms with Crippen molar-refractivity contribution in [3.05, 3.63) is 65.7 Å². The van der Waals surface area contributed by atoms with Crippen LogP contribution in [0.15, 0.2) is 54.6 Å². The maximum Gasteiger partial charge on any atom is 0.325 e. The van der Waals surface area contributed by atoms with Crippen molar-refractivity contribution in [3.63, 3.8) is 0 Å². The lowest BCUT2D eigenvalue weighted by Crippen LogP contribution is -2.53. The highest BCUT2D eigenvalue weighted by Gasteiger charge is 2.52. The molecule has 34 heavy (non-hydrogen) atoms.